The van der Waals surface area contributed by atoms with Crippen LogP contribution in [0, 0.1) is 0 Å². The van der Waals surface area contributed by atoms with Crippen molar-refractivity contribution in [3.63, 3.8) is 0 Å². The van der Waals surface area contributed by atoms with Crippen LogP contribution in [0.3, 0.4) is 0 Å². The van der Waals surface area contributed by atoms with E-state index in [1.54, 1.807) is 0 Å². The van der Waals surface area contributed by atoms with Crippen LogP contribution in [-0.4, -0.2) is 19.8 Å². The number of anilines is 1. The van der Waals surface area contributed by atoms with E-state index in [4.69, 9.17) is 0 Å². The van der Waals surface area contributed by atoms with Gasteiger partial charge in [-0.2, -0.15) is 0 Å². The fourth-order valence-corrected chi connectivity index (χ4v) is 2.18. The summed E-state index contributed by atoms with van der Waals surface area (Å²) in [7, 11) is 0. The Balaban J connectivity index is 2.27. The quantitative estimate of drug-likeness (QED) is 0.773. The monoisotopic (exact) mass is 243 g/mol. The lowest BCUT2D eigenvalue weighted by Gasteiger charge is -2.16. The largest absolute Gasteiger partial charge is 0.368 e. The van der Waals surface area contributed by atoms with Gasteiger partial charge in [0.2, 0.25) is 0 Å². The molecule has 0 aromatic heterocycles. The van der Waals surface area contributed by atoms with Crippen molar-refractivity contribution in [2.24, 2.45) is 0 Å². The maximum absolute atomic E-state index is 12.2. The molecule has 0 atom stereocenters. The van der Waals surface area contributed by atoms with Gasteiger partial charge in [0.25, 0.3) is 0 Å². The molecule has 1 nitrogen and oxygen atoms in total. The van der Waals surface area contributed by atoms with Gasteiger partial charge in [-0.05, 0) is 30.2 Å². The normalized spacial score (nSPS) is 14.8. The first kappa shape index (κ1) is 9.00. The summed E-state index contributed by atoms with van der Waals surface area (Å²) in [5.41, 5.74) is 2.52. The van der Waals surface area contributed by atoms with Crippen molar-refractivity contribution >= 4 is 21.6 Å². The van der Waals surface area contributed by atoms with E-state index in [9.17, 15) is 4.39 Å². The Morgan fingerprint density at radius 2 is 2.31 bits per heavy atom. The molecule has 1 aliphatic heterocycles. The molecule has 0 spiro atoms. The highest BCUT2D eigenvalue weighted by Crippen LogP contribution is 2.29. The second-order valence-corrected chi connectivity index (χ2v) is 4.11. The predicted octanol–water partition coefficient (Wildman–Crippen LogP) is 2.78. The van der Waals surface area contributed by atoms with E-state index in [2.05, 4.69) is 33.0 Å². The van der Waals surface area contributed by atoms with E-state index >= 15 is 0 Å². The summed E-state index contributed by atoms with van der Waals surface area (Å²) in [4.78, 5) is 2.10. The molecule has 1 aromatic carbocycles. The third kappa shape index (κ3) is 1.70. The maximum Gasteiger partial charge on any atom is 0.107 e. The number of benzene rings is 1. The molecule has 0 saturated heterocycles. The SMILES string of the molecule is FCCN1CCc2cc(Br)ccc21. The number of alkyl halides is 1. The first-order valence-corrected chi connectivity index (χ1v) is 5.20. The van der Waals surface area contributed by atoms with Crippen LogP contribution in [0.25, 0.3) is 0 Å². The molecule has 1 aromatic rings. The van der Waals surface area contributed by atoms with Gasteiger partial charge in [-0.25, -0.2) is 4.39 Å². The molecule has 0 saturated carbocycles. The number of fused-ring (bicyclic) bond motifs is 1. The minimum atomic E-state index is -0.268. The van der Waals surface area contributed by atoms with Crippen molar-refractivity contribution in [2.75, 3.05) is 24.7 Å². The highest BCUT2D eigenvalue weighted by Gasteiger charge is 2.17. The van der Waals surface area contributed by atoms with Crippen LogP contribution in [0.4, 0.5) is 10.1 Å². The molecule has 0 radical (unpaired) electrons. The van der Waals surface area contributed by atoms with E-state index in [0.717, 1.165) is 17.4 Å². The van der Waals surface area contributed by atoms with Gasteiger partial charge in [0.15, 0.2) is 0 Å². The first-order valence-electron chi connectivity index (χ1n) is 4.40. The number of hydrogen-bond acceptors (Lipinski definition) is 1. The predicted molar refractivity (Wildman–Crippen MR) is 56.0 cm³/mol. The van der Waals surface area contributed by atoms with Crippen LogP contribution < -0.4 is 4.90 Å². The molecule has 2 rings (SSSR count). The first-order chi connectivity index (χ1) is 6.31. The van der Waals surface area contributed by atoms with Crippen LogP contribution in [0.2, 0.25) is 0 Å². The van der Waals surface area contributed by atoms with E-state index < -0.39 is 0 Å². The molecular formula is C10H11BrFN. The Hall–Kier alpha value is -0.570. The highest BCUT2D eigenvalue weighted by molar-refractivity contribution is 9.10. The fourth-order valence-electron chi connectivity index (χ4n) is 1.77. The minimum Gasteiger partial charge on any atom is -0.368 e. The Labute approximate surface area is 85.7 Å². The van der Waals surface area contributed by atoms with Crippen molar-refractivity contribution in [3.8, 4) is 0 Å². The smallest absolute Gasteiger partial charge is 0.107 e. The maximum atomic E-state index is 12.2. The van der Waals surface area contributed by atoms with Gasteiger partial charge >= 0.3 is 0 Å². The summed E-state index contributed by atoms with van der Waals surface area (Å²) < 4.78 is 13.3. The fraction of sp³-hybridized carbons (Fsp3) is 0.400. The van der Waals surface area contributed by atoms with E-state index in [-0.39, 0.29) is 6.67 Å². The van der Waals surface area contributed by atoms with Crippen molar-refractivity contribution < 1.29 is 4.39 Å². The van der Waals surface area contributed by atoms with E-state index in [0.29, 0.717) is 6.54 Å². The standard InChI is InChI=1S/C10H11BrFN/c11-9-1-2-10-8(7-9)3-5-13(10)6-4-12/h1-2,7H,3-6H2. The molecule has 0 N–H and O–H groups in total. The lowest BCUT2D eigenvalue weighted by atomic mass is 10.2. The second kappa shape index (κ2) is 3.66. The van der Waals surface area contributed by atoms with Crippen LogP contribution >= 0.6 is 15.9 Å². The molecule has 70 valence electrons. The van der Waals surface area contributed by atoms with Crippen LogP contribution in [0.1, 0.15) is 5.56 Å². The molecule has 0 aliphatic carbocycles. The van der Waals surface area contributed by atoms with Crippen molar-refractivity contribution in [1.82, 2.24) is 0 Å². The Morgan fingerprint density at radius 3 is 3.08 bits per heavy atom. The molecule has 1 heterocycles. The summed E-state index contributed by atoms with van der Waals surface area (Å²) >= 11 is 3.43. The zero-order valence-electron chi connectivity index (χ0n) is 7.26. The summed E-state index contributed by atoms with van der Waals surface area (Å²) in [5, 5.41) is 0. The van der Waals surface area contributed by atoms with E-state index in [1.165, 1.54) is 11.3 Å². The van der Waals surface area contributed by atoms with Crippen molar-refractivity contribution in [3.05, 3.63) is 28.2 Å². The Bertz CT molecular complexity index is 314. The molecule has 1 aliphatic rings. The third-order valence-corrected chi connectivity index (χ3v) is 2.88. The molecule has 13 heavy (non-hydrogen) atoms. The molecule has 3 heteroatoms. The Morgan fingerprint density at radius 1 is 1.46 bits per heavy atom. The molecular weight excluding hydrogens is 233 g/mol. The minimum absolute atomic E-state index is 0.268. The summed E-state index contributed by atoms with van der Waals surface area (Å²) in [5.74, 6) is 0. The van der Waals surface area contributed by atoms with Crippen molar-refractivity contribution in [2.45, 2.75) is 6.42 Å². The van der Waals surface area contributed by atoms with Gasteiger partial charge in [0, 0.05) is 23.2 Å². The summed E-state index contributed by atoms with van der Waals surface area (Å²) in [6.45, 7) is 1.21. The second-order valence-electron chi connectivity index (χ2n) is 3.20. The van der Waals surface area contributed by atoms with Gasteiger partial charge in [-0.1, -0.05) is 15.9 Å². The zero-order chi connectivity index (χ0) is 9.26. The third-order valence-electron chi connectivity index (χ3n) is 2.39. The van der Waals surface area contributed by atoms with Gasteiger partial charge in [0.1, 0.15) is 6.67 Å². The number of hydrogen-bond donors (Lipinski definition) is 0. The summed E-state index contributed by atoms with van der Waals surface area (Å²) in [6, 6.07) is 6.19. The van der Waals surface area contributed by atoms with Crippen molar-refractivity contribution in [1.29, 1.82) is 0 Å². The highest BCUT2D eigenvalue weighted by atomic mass is 79.9. The van der Waals surface area contributed by atoms with Crippen LogP contribution in [0.15, 0.2) is 22.7 Å². The molecule has 0 amide bonds. The molecule has 0 bridgehead atoms. The lowest BCUT2D eigenvalue weighted by molar-refractivity contribution is 0.493. The van der Waals surface area contributed by atoms with E-state index in [1.807, 2.05) is 6.07 Å². The van der Waals surface area contributed by atoms with Gasteiger partial charge in [0.05, 0.1) is 0 Å². The lowest BCUT2D eigenvalue weighted by Crippen LogP contribution is -2.22. The number of rotatable bonds is 2. The van der Waals surface area contributed by atoms with Gasteiger partial charge in [-0.3, -0.25) is 0 Å². The Kier molecular flexibility index (Phi) is 2.54. The number of halogens is 2. The van der Waals surface area contributed by atoms with Gasteiger partial charge in [-0.15, -0.1) is 0 Å². The van der Waals surface area contributed by atoms with Crippen LogP contribution in [-0.2, 0) is 6.42 Å². The van der Waals surface area contributed by atoms with Gasteiger partial charge < -0.3 is 4.90 Å². The molecule has 0 fully saturated rings. The summed E-state index contributed by atoms with van der Waals surface area (Å²) in [6.07, 6.45) is 1.04. The zero-order valence-corrected chi connectivity index (χ0v) is 8.85. The topological polar surface area (TPSA) is 3.24 Å². The molecule has 0 unspecified atom stereocenters. The van der Waals surface area contributed by atoms with Crippen LogP contribution in [0.5, 0.6) is 0 Å². The number of nitrogens with zero attached hydrogens (tertiary/aromatic N) is 1. The average Bonchev–Trinajstić information content (AvgIpc) is 2.49. The average molecular weight is 244 g/mol.